The van der Waals surface area contributed by atoms with Crippen LogP contribution in [-0.2, 0) is 6.42 Å². The van der Waals surface area contributed by atoms with Crippen LogP contribution < -0.4 is 5.73 Å². The second kappa shape index (κ2) is 5.67. The number of benzene rings is 2. The van der Waals surface area contributed by atoms with Gasteiger partial charge in [-0.2, -0.15) is 5.26 Å². The molecular weight excluding hydrogens is 320 g/mol. The standard InChI is InChI=1S/C20H13F2N3/c21-17-6-5-11(8-18(17)22)15-7-12-10-25-20(24)16(9-23)19(12)14-4-2-1-3-13(14)15/h1-6,8,10,15H,7H2,(H2,24,25). The number of nitrogens with zero attached hydrogens (tertiary/aromatic N) is 2. The van der Waals surface area contributed by atoms with Gasteiger partial charge in [-0.1, -0.05) is 30.3 Å². The second-order valence-electron chi connectivity index (χ2n) is 6.05. The molecule has 4 rings (SSSR count). The van der Waals surface area contributed by atoms with Crippen LogP contribution in [0.4, 0.5) is 14.6 Å². The van der Waals surface area contributed by atoms with E-state index < -0.39 is 11.6 Å². The molecule has 3 aromatic rings. The fourth-order valence-corrected chi connectivity index (χ4v) is 3.53. The molecule has 122 valence electrons. The summed E-state index contributed by atoms with van der Waals surface area (Å²) in [6.45, 7) is 0. The lowest BCUT2D eigenvalue weighted by Crippen LogP contribution is -2.15. The molecule has 0 saturated heterocycles. The van der Waals surface area contributed by atoms with Crippen LogP contribution in [0.1, 0.15) is 28.2 Å². The smallest absolute Gasteiger partial charge is 0.159 e. The molecule has 0 aliphatic heterocycles. The highest BCUT2D eigenvalue weighted by atomic mass is 19.2. The van der Waals surface area contributed by atoms with Gasteiger partial charge in [0, 0.05) is 17.7 Å². The minimum absolute atomic E-state index is 0.143. The Bertz CT molecular complexity index is 1040. The topological polar surface area (TPSA) is 62.7 Å². The molecule has 1 aliphatic carbocycles. The van der Waals surface area contributed by atoms with Crippen molar-refractivity contribution in [3.8, 4) is 17.2 Å². The van der Waals surface area contributed by atoms with E-state index >= 15 is 0 Å². The van der Waals surface area contributed by atoms with Gasteiger partial charge in [0.1, 0.15) is 17.5 Å². The number of halogens is 2. The van der Waals surface area contributed by atoms with Gasteiger partial charge in [0.05, 0.1) is 0 Å². The second-order valence-corrected chi connectivity index (χ2v) is 6.05. The number of anilines is 1. The molecule has 0 saturated carbocycles. The van der Waals surface area contributed by atoms with Crippen molar-refractivity contribution in [1.82, 2.24) is 4.98 Å². The first-order valence-electron chi connectivity index (χ1n) is 7.82. The maximum Gasteiger partial charge on any atom is 0.159 e. The Hall–Kier alpha value is -3.26. The van der Waals surface area contributed by atoms with Crippen molar-refractivity contribution < 1.29 is 8.78 Å². The van der Waals surface area contributed by atoms with Gasteiger partial charge in [-0.05, 0) is 40.8 Å². The van der Waals surface area contributed by atoms with Crippen LogP contribution in [0, 0.1) is 23.0 Å². The molecule has 1 unspecified atom stereocenters. The van der Waals surface area contributed by atoms with E-state index in [2.05, 4.69) is 11.1 Å². The maximum absolute atomic E-state index is 13.7. The third-order valence-corrected chi connectivity index (χ3v) is 4.67. The third kappa shape index (κ3) is 2.34. The molecule has 5 heteroatoms. The van der Waals surface area contributed by atoms with E-state index in [1.807, 2.05) is 24.3 Å². The number of hydrogen-bond acceptors (Lipinski definition) is 3. The normalized spacial score (nSPS) is 15.2. The van der Waals surface area contributed by atoms with E-state index in [9.17, 15) is 14.0 Å². The summed E-state index contributed by atoms with van der Waals surface area (Å²) in [5.41, 5.74) is 10.4. The van der Waals surface area contributed by atoms with Crippen molar-refractivity contribution in [2.75, 3.05) is 5.73 Å². The molecule has 2 aromatic carbocycles. The van der Waals surface area contributed by atoms with Crippen LogP contribution in [-0.4, -0.2) is 4.98 Å². The van der Waals surface area contributed by atoms with Crippen molar-refractivity contribution in [1.29, 1.82) is 5.26 Å². The number of nitriles is 1. The average molecular weight is 333 g/mol. The molecule has 1 heterocycles. The van der Waals surface area contributed by atoms with E-state index in [0.29, 0.717) is 17.5 Å². The van der Waals surface area contributed by atoms with Gasteiger partial charge in [-0.25, -0.2) is 13.8 Å². The highest BCUT2D eigenvalue weighted by Gasteiger charge is 2.29. The van der Waals surface area contributed by atoms with Crippen LogP contribution in [0.25, 0.3) is 11.1 Å². The quantitative estimate of drug-likeness (QED) is 0.727. The van der Waals surface area contributed by atoms with Gasteiger partial charge in [0.25, 0.3) is 0 Å². The zero-order valence-corrected chi connectivity index (χ0v) is 13.1. The fraction of sp³-hybridized carbons (Fsp3) is 0.100. The van der Waals surface area contributed by atoms with Gasteiger partial charge in [0.2, 0.25) is 0 Å². The van der Waals surface area contributed by atoms with Crippen LogP contribution in [0.15, 0.2) is 48.7 Å². The van der Waals surface area contributed by atoms with E-state index in [1.54, 1.807) is 12.3 Å². The predicted molar refractivity (Wildman–Crippen MR) is 90.7 cm³/mol. The first-order valence-corrected chi connectivity index (χ1v) is 7.82. The lowest BCUT2D eigenvalue weighted by Gasteiger charge is -2.29. The molecule has 0 spiro atoms. The van der Waals surface area contributed by atoms with Crippen molar-refractivity contribution in [3.05, 3.63) is 82.5 Å². The Morgan fingerprint density at radius 3 is 2.68 bits per heavy atom. The Balaban J connectivity index is 1.96. The van der Waals surface area contributed by atoms with Crippen molar-refractivity contribution in [2.24, 2.45) is 0 Å². The number of fused-ring (bicyclic) bond motifs is 3. The molecule has 3 nitrogen and oxygen atoms in total. The van der Waals surface area contributed by atoms with Crippen LogP contribution in [0.3, 0.4) is 0 Å². The monoisotopic (exact) mass is 333 g/mol. The molecule has 25 heavy (non-hydrogen) atoms. The summed E-state index contributed by atoms with van der Waals surface area (Å²) in [5, 5.41) is 9.49. The number of aromatic nitrogens is 1. The average Bonchev–Trinajstić information content (AvgIpc) is 2.63. The minimum atomic E-state index is -0.867. The Morgan fingerprint density at radius 1 is 1.12 bits per heavy atom. The number of nitrogen functional groups attached to an aromatic ring is 1. The molecule has 0 amide bonds. The minimum Gasteiger partial charge on any atom is -0.383 e. The van der Waals surface area contributed by atoms with Gasteiger partial charge in [-0.3, -0.25) is 0 Å². The summed E-state index contributed by atoms with van der Waals surface area (Å²) in [5.74, 6) is -1.68. The Labute approximate surface area is 143 Å². The molecule has 1 aliphatic rings. The summed E-state index contributed by atoms with van der Waals surface area (Å²) in [6, 6.07) is 13.8. The zero-order chi connectivity index (χ0) is 17.6. The maximum atomic E-state index is 13.7. The van der Waals surface area contributed by atoms with Crippen LogP contribution in [0.2, 0.25) is 0 Å². The number of nitrogens with two attached hydrogens (primary N) is 1. The highest BCUT2D eigenvalue weighted by Crippen LogP contribution is 2.44. The molecular formula is C20H13F2N3. The molecule has 1 atom stereocenters. The summed E-state index contributed by atoms with van der Waals surface area (Å²) in [6.07, 6.45) is 2.20. The molecule has 0 bridgehead atoms. The highest BCUT2D eigenvalue weighted by molar-refractivity contribution is 5.82. The van der Waals surface area contributed by atoms with Crippen molar-refractivity contribution in [3.63, 3.8) is 0 Å². The molecule has 1 aromatic heterocycles. The number of rotatable bonds is 1. The fourth-order valence-electron chi connectivity index (χ4n) is 3.53. The largest absolute Gasteiger partial charge is 0.383 e. The van der Waals surface area contributed by atoms with Gasteiger partial charge in [-0.15, -0.1) is 0 Å². The first-order chi connectivity index (χ1) is 12.1. The van der Waals surface area contributed by atoms with Crippen LogP contribution >= 0.6 is 0 Å². The lowest BCUT2D eigenvalue weighted by molar-refractivity contribution is 0.506. The SMILES string of the molecule is N#Cc1c(N)ncc2c1-c1ccccc1C(c1ccc(F)c(F)c1)C2. The van der Waals surface area contributed by atoms with Gasteiger partial charge < -0.3 is 5.73 Å². The van der Waals surface area contributed by atoms with E-state index in [0.717, 1.165) is 28.3 Å². The molecule has 2 N–H and O–H groups in total. The zero-order valence-electron chi connectivity index (χ0n) is 13.1. The number of pyridine rings is 1. The van der Waals surface area contributed by atoms with Crippen molar-refractivity contribution in [2.45, 2.75) is 12.3 Å². The Morgan fingerprint density at radius 2 is 1.92 bits per heavy atom. The summed E-state index contributed by atoms with van der Waals surface area (Å²) in [7, 11) is 0. The molecule has 0 radical (unpaired) electrons. The van der Waals surface area contributed by atoms with E-state index in [4.69, 9.17) is 5.73 Å². The first kappa shape index (κ1) is 15.3. The Kier molecular flexibility index (Phi) is 3.47. The van der Waals surface area contributed by atoms with Crippen molar-refractivity contribution >= 4 is 5.82 Å². The summed E-state index contributed by atoms with van der Waals surface area (Å²) in [4.78, 5) is 4.12. The van der Waals surface area contributed by atoms with E-state index in [-0.39, 0.29) is 11.7 Å². The summed E-state index contributed by atoms with van der Waals surface area (Å²) >= 11 is 0. The molecule has 0 fully saturated rings. The summed E-state index contributed by atoms with van der Waals surface area (Å²) < 4.78 is 27.0. The van der Waals surface area contributed by atoms with Gasteiger partial charge in [0.15, 0.2) is 11.6 Å². The third-order valence-electron chi connectivity index (χ3n) is 4.67. The van der Waals surface area contributed by atoms with Crippen LogP contribution in [0.5, 0.6) is 0 Å². The lowest BCUT2D eigenvalue weighted by atomic mass is 9.75. The van der Waals surface area contributed by atoms with Gasteiger partial charge >= 0.3 is 0 Å². The van der Waals surface area contributed by atoms with E-state index in [1.165, 1.54) is 6.07 Å². The predicted octanol–water partition coefficient (Wildman–Crippen LogP) is 4.17. The number of hydrogen-bond donors (Lipinski definition) is 1.